The molecule has 0 bridgehead atoms. The topological polar surface area (TPSA) is 55.6 Å². The summed E-state index contributed by atoms with van der Waals surface area (Å²) < 4.78 is 1.72. The van der Waals surface area contributed by atoms with Crippen LogP contribution in [0.3, 0.4) is 0 Å². The molecule has 0 aliphatic carbocycles. The summed E-state index contributed by atoms with van der Waals surface area (Å²) in [5.74, 6) is 0. The maximum atomic E-state index is 6.04. The number of nitrogens with one attached hydrogen (secondary N) is 1. The molecule has 2 heterocycles. The smallest absolute Gasteiger partial charge is 0.138 e. The van der Waals surface area contributed by atoms with Crippen LogP contribution in [0.2, 0.25) is 5.02 Å². The molecule has 3 aromatic rings. The van der Waals surface area contributed by atoms with Crippen LogP contribution in [-0.2, 0) is 6.54 Å². The van der Waals surface area contributed by atoms with Crippen molar-refractivity contribution in [2.75, 3.05) is 5.32 Å². The summed E-state index contributed by atoms with van der Waals surface area (Å²) in [6, 6.07) is 9.93. The van der Waals surface area contributed by atoms with Crippen LogP contribution in [0.4, 0.5) is 5.69 Å². The Bertz CT molecular complexity index is 679. The molecule has 0 amide bonds. The Morgan fingerprint density at radius 1 is 1.10 bits per heavy atom. The van der Waals surface area contributed by atoms with Crippen molar-refractivity contribution in [1.29, 1.82) is 0 Å². The highest BCUT2D eigenvalue weighted by molar-refractivity contribution is 6.33. The standard InChI is InChI=1S/C14H12ClN5/c15-13-8-16-6-5-14(13)18-7-11-1-3-12(4-2-11)20-10-17-9-19-20/h1-6,8-10H,7H2,(H,16,18). The van der Waals surface area contributed by atoms with Crippen molar-refractivity contribution in [2.45, 2.75) is 6.54 Å². The fourth-order valence-corrected chi connectivity index (χ4v) is 2.01. The third-order valence-corrected chi connectivity index (χ3v) is 3.18. The number of nitrogens with zero attached hydrogens (tertiary/aromatic N) is 4. The van der Waals surface area contributed by atoms with E-state index in [0.29, 0.717) is 11.6 Å². The lowest BCUT2D eigenvalue weighted by Crippen LogP contribution is -2.01. The van der Waals surface area contributed by atoms with Gasteiger partial charge in [0.05, 0.1) is 16.4 Å². The monoisotopic (exact) mass is 285 g/mol. The van der Waals surface area contributed by atoms with E-state index in [0.717, 1.165) is 16.9 Å². The molecular weight excluding hydrogens is 274 g/mol. The number of halogens is 1. The summed E-state index contributed by atoms with van der Waals surface area (Å²) in [4.78, 5) is 7.88. The summed E-state index contributed by atoms with van der Waals surface area (Å²) in [5.41, 5.74) is 3.01. The zero-order chi connectivity index (χ0) is 13.8. The number of pyridine rings is 1. The van der Waals surface area contributed by atoms with Crippen LogP contribution in [0.25, 0.3) is 5.69 Å². The minimum Gasteiger partial charge on any atom is -0.380 e. The van der Waals surface area contributed by atoms with Crippen molar-refractivity contribution < 1.29 is 0 Å². The number of hydrogen-bond acceptors (Lipinski definition) is 4. The van der Waals surface area contributed by atoms with E-state index in [9.17, 15) is 0 Å². The molecule has 0 aliphatic heterocycles. The predicted octanol–water partition coefficient (Wildman–Crippen LogP) is 2.93. The minimum absolute atomic E-state index is 0.617. The average molecular weight is 286 g/mol. The van der Waals surface area contributed by atoms with Gasteiger partial charge in [-0.3, -0.25) is 4.98 Å². The fraction of sp³-hybridized carbons (Fsp3) is 0.0714. The summed E-state index contributed by atoms with van der Waals surface area (Å²) >= 11 is 6.04. The van der Waals surface area contributed by atoms with Crippen LogP contribution >= 0.6 is 11.6 Å². The second kappa shape index (κ2) is 5.71. The van der Waals surface area contributed by atoms with Crippen LogP contribution in [0.1, 0.15) is 5.56 Å². The highest BCUT2D eigenvalue weighted by atomic mass is 35.5. The van der Waals surface area contributed by atoms with E-state index in [1.807, 2.05) is 30.3 Å². The van der Waals surface area contributed by atoms with Gasteiger partial charge in [-0.25, -0.2) is 9.67 Å². The van der Waals surface area contributed by atoms with Crippen LogP contribution in [0.15, 0.2) is 55.4 Å². The van der Waals surface area contributed by atoms with Gasteiger partial charge in [-0.05, 0) is 23.8 Å². The molecule has 6 heteroatoms. The van der Waals surface area contributed by atoms with Crippen LogP contribution in [0, 0.1) is 0 Å². The van der Waals surface area contributed by atoms with Crippen molar-refractivity contribution in [3.8, 4) is 5.69 Å². The van der Waals surface area contributed by atoms with Crippen molar-refractivity contribution in [2.24, 2.45) is 0 Å². The first kappa shape index (κ1) is 12.6. The van der Waals surface area contributed by atoms with Crippen LogP contribution < -0.4 is 5.32 Å². The van der Waals surface area contributed by atoms with E-state index < -0.39 is 0 Å². The molecular formula is C14H12ClN5. The zero-order valence-corrected chi connectivity index (χ0v) is 11.3. The highest BCUT2D eigenvalue weighted by Gasteiger charge is 2.00. The number of aromatic nitrogens is 4. The maximum absolute atomic E-state index is 6.04. The second-order valence-corrected chi connectivity index (χ2v) is 4.62. The average Bonchev–Trinajstić information content (AvgIpc) is 3.01. The maximum Gasteiger partial charge on any atom is 0.138 e. The SMILES string of the molecule is Clc1cnccc1NCc1ccc(-n2cncn2)cc1. The predicted molar refractivity (Wildman–Crippen MR) is 77.9 cm³/mol. The Morgan fingerprint density at radius 3 is 2.65 bits per heavy atom. The van der Waals surface area contributed by atoms with Gasteiger partial charge in [0.1, 0.15) is 12.7 Å². The first-order valence-corrected chi connectivity index (χ1v) is 6.48. The lowest BCUT2D eigenvalue weighted by molar-refractivity contribution is 0.877. The largest absolute Gasteiger partial charge is 0.380 e. The number of anilines is 1. The van der Waals surface area contributed by atoms with Crippen molar-refractivity contribution in [3.05, 3.63) is 66.0 Å². The zero-order valence-electron chi connectivity index (χ0n) is 10.6. The van der Waals surface area contributed by atoms with Crippen LogP contribution in [0.5, 0.6) is 0 Å². The molecule has 0 atom stereocenters. The van der Waals surface area contributed by atoms with Gasteiger partial charge < -0.3 is 5.32 Å². The number of rotatable bonds is 4. The molecule has 1 N–H and O–H groups in total. The third-order valence-electron chi connectivity index (χ3n) is 2.88. The highest BCUT2D eigenvalue weighted by Crippen LogP contribution is 2.20. The first-order valence-electron chi connectivity index (χ1n) is 6.10. The van der Waals surface area contributed by atoms with E-state index in [1.165, 1.54) is 6.33 Å². The van der Waals surface area contributed by atoms with E-state index in [-0.39, 0.29) is 0 Å². The molecule has 0 radical (unpaired) electrons. The fourth-order valence-electron chi connectivity index (χ4n) is 1.82. The van der Waals surface area contributed by atoms with Gasteiger partial charge >= 0.3 is 0 Å². The molecule has 3 rings (SSSR count). The lowest BCUT2D eigenvalue weighted by atomic mass is 10.2. The number of hydrogen-bond donors (Lipinski definition) is 1. The quantitative estimate of drug-likeness (QED) is 0.801. The van der Waals surface area contributed by atoms with Gasteiger partial charge in [-0.15, -0.1) is 0 Å². The van der Waals surface area contributed by atoms with E-state index in [1.54, 1.807) is 23.4 Å². The summed E-state index contributed by atoms with van der Waals surface area (Å²) in [6.07, 6.45) is 6.52. The molecule has 0 spiro atoms. The van der Waals surface area contributed by atoms with Gasteiger partial charge in [0.15, 0.2) is 0 Å². The Balaban J connectivity index is 1.68. The molecule has 0 saturated heterocycles. The van der Waals surface area contributed by atoms with Crippen molar-refractivity contribution >= 4 is 17.3 Å². The molecule has 2 aromatic heterocycles. The molecule has 0 aliphatic rings. The molecule has 5 nitrogen and oxygen atoms in total. The van der Waals surface area contributed by atoms with Crippen molar-refractivity contribution in [1.82, 2.24) is 19.7 Å². The Labute approximate surface area is 121 Å². The normalized spacial score (nSPS) is 10.4. The van der Waals surface area contributed by atoms with E-state index in [2.05, 4.69) is 20.4 Å². The Hall–Kier alpha value is -2.40. The molecule has 0 fully saturated rings. The van der Waals surface area contributed by atoms with Crippen molar-refractivity contribution in [3.63, 3.8) is 0 Å². The summed E-state index contributed by atoms with van der Waals surface area (Å²) in [6.45, 7) is 0.696. The molecule has 20 heavy (non-hydrogen) atoms. The van der Waals surface area contributed by atoms with Gasteiger partial charge in [0.25, 0.3) is 0 Å². The minimum atomic E-state index is 0.617. The molecule has 0 saturated carbocycles. The first-order chi connectivity index (χ1) is 9.83. The lowest BCUT2D eigenvalue weighted by Gasteiger charge is -2.08. The van der Waals surface area contributed by atoms with E-state index in [4.69, 9.17) is 11.6 Å². The third kappa shape index (κ3) is 2.78. The molecule has 0 unspecified atom stereocenters. The molecule has 1 aromatic carbocycles. The van der Waals surface area contributed by atoms with Crippen LogP contribution in [-0.4, -0.2) is 19.7 Å². The second-order valence-electron chi connectivity index (χ2n) is 4.22. The van der Waals surface area contributed by atoms with Gasteiger partial charge in [0.2, 0.25) is 0 Å². The van der Waals surface area contributed by atoms with E-state index >= 15 is 0 Å². The van der Waals surface area contributed by atoms with Gasteiger partial charge in [0, 0.05) is 18.9 Å². The molecule has 100 valence electrons. The van der Waals surface area contributed by atoms with Gasteiger partial charge in [-0.1, -0.05) is 23.7 Å². The summed E-state index contributed by atoms with van der Waals surface area (Å²) in [7, 11) is 0. The number of benzene rings is 1. The van der Waals surface area contributed by atoms with Gasteiger partial charge in [-0.2, -0.15) is 5.10 Å². The summed E-state index contributed by atoms with van der Waals surface area (Å²) in [5, 5.41) is 7.98. The Kier molecular flexibility index (Phi) is 3.60. The Morgan fingerprint density at radius 2 is 1.95 bits per heavy atom.